The van der Waals surface area contributed by atoms with Crippen molar-refractivity contribution in [3.63, 3.8) is 0 Å². The van der Waals surface area contributed by atoms with E-state index in [0.29, 0.717) is 12.5 Å². The van der Waals surface area contributed by atoms with Gasteiger partial charge in [-0.2, -0.15) is 0 Å². The maximum Gasteiger partial charge on any atom is 0.241 e. The highest BCUT2D eigenvalue weighted by Crippen LogP contribution is 2.15. The molecule has 1 unspecified atom stereocenters. The van der Waals surface area contributed by atoms with Gasteiger partial charge < -0.3 is 15.0 Å². The van der Waals surface area contributed by atoms with E-state index in [1.807, 2.05) is 0 Å². The lowest BCUT2D eigenvalue weighted by Gasteiger charge is -2.32. The van der Waals surface area contributed by atoms with Crippen LogP contribution in [0.4, 0.5) is 0 Å². The summed E-state index contributed by atoms with van der Waals surface area (Å²) in [7, 11) is 1.74. The average molecular weight is 394 g/mol. The second-order valence-electron chi connectivity index (χ2n) is 8.05. The van der Waals surface area contributed by atoms with Crippen LogP contribution in [0.25, 0.3) is 0 Å². The molecule has 1 aromatic rings. The second-order valence-corrected chi connectivity index (χ2v) is 8.05. The van der Waals surface area contributed by atoms with E-state index in [0.717, 1.165) is 58.1 Å². The monoisotopic (exact) mass is 393 g/mol. The molecule has 3 heterocycles. The van der Waals surface area contributed by atoms with E-state index >= 15 is 0 Å². The van der Waals surface area contributed by atoms with Crippen LogP contribution in [0.5, 0.6) is 0 Å². The summed E-state index contributed by atoms with van der Waals surface area (Å²) in [5, 5.41) is 15.0. The van der Waals surface area contributed by atoms with Crippen molar-refractivity contribution >= 4 is 5.91 Å². The molecule has 0 saturated carbocycles. The predicted octanol–water partition coefficient (Wildman–Crippen LogP) is 0.524. The zero-order valence-corrected chi connectivity index (χ0v) is 17.2. The van der Waals surface area contributed by atoms with Crippen molar-refractivity contribution in [1.82, 2.24) is 35.3 Å². The van der Waals surface area contributed by atoms with E-state index in [2.05, 4.69) is 30.6 Å². The standard InChI is InChI=1S/C19H35N7O2/c1-28-12-11-25-10-6-7-17(14-25)13-20-19(27)16-26-18(21-22-23-26)15-24-8-4-2-3-5-9-24/h17H,2-16H2,1H3,(H,20,27). The Morgan fingerprint density at radius 2 is 1.93 bits per heavy atom. The summed E-state index contributed by atoms with van der Waals surface area (Å²) in [6, 6.07) is 0. The number of nitrogens with one attached hydrogen (secondary N) is 1. The summed E-state index contributed by atoms with van der Waals surface area (Å²) in [4.78, 5) is 17.2. The minimum atomic E-state index is -0.0153. The van der Waals surface area contributed by atoms with Crippen molar-refractivity contribution in [3.05, 3.63) is 5.82 Å². The molecule has 28 heavy (non-hydrogen) atoms. The molecule has 0 bridgehead atoms. The Bertz CT molecular complexity index is 587. The molecule has 2 fully saturated rings. The molecule has 1 atom stereocenters. The maximum absolute atomic E-state index is 12.4. The predicted molar refractivity (Wildman–Crippen MR) is 106 cm³/mol. The average Bonchev–Trinajstić information content (AvgIpc) is 2.97. The van der Waals surface area contributed by atoms with Crippen molar-refractivity contribution in [2.45, 2.75) is 51.6 Å². The largest absolute Gasteiger partial charge is 0.383 e. The molecule has 1 N–H and O–H groups in total. The number of hydrogen-bond donors (Lipinski definition) is 1. The minimum absolute atomic E-state index is 0.0153. The third kappa shape index (κ3) is 6.79. The van der Waals surface area contributed by atoms with Gasteiger partial charge in [-0.25, -0.2) is 4.68 Å². The number of nitrogens with zero attached hydrogens (tertiary/aromatic N) is 6. The van der Waals surface area contributed by atoms with E-state index in [9.17, 15) is 4.79 Å². The molecule has 2 saturated heterocycles. The van der Waals surface area contributed by atoms with Crippen molar-refractivity contribution in [2.75, 3.05) is 53.0 Å². The van der Waals surface area contributed by atoms with Crippen LogP contribution in [-0.4, -0.2) is 88.9 Å². The number of carbonyl (C=O) groups excluding carboxylic acids is 1. The fraction of sp³-hybridized carbons (Fsp3) is 0.895. The van der Waals surface area contributed by atoms with Gasteiger partial charge in [-0.1, -0.05) is 12.8 Å². The number of hydrogen-bond acceptors (Lipinski definition) is 7. The van der Waals surface area contributed by atoms with Crippen LogP contribution in [0.3, 0.4) is 0 Å². The summed E-state index contributed by atoms with van der Waals surface area (Å²) in [6.07, 6.45) is 7.39. The first-order chi connectivity index (χ1) is 13.7. The summed E-state index contributed by atoms with van der Waals surface area (Å²) in [5.41, 5.74) is 0. The van der Waals surface area contributed by atoms with Crippen molar-refractivity contribution in [3.8, 4) is 0 Å². The molecule has 9 heteroatoms. The number of likely N-dealkylation sites (tertiary alicyclic amines) is 2. The zero-order valence-electron chi connectivity index (χ0n) is 17.2. The van der Waals surface area contributed by atoms with Crippen molar-refractivity contribution in [2.24, 2.45) is 5.92 Å². The number of rotatable bonds is 9. The molecule has 3 rings (SSSR count). The Morgan fingerprint density at radius 3 is 2.71 bits per heavy atom. The molecule has 9 nitrogen and oxygen atoms in total. The first-order valence-corrected chi connectivity index (χ1v) is 10.7. The highest BCUT2D eigenvalue weighted by molar-refractivity contribution is 5.75. The number of tetrazole rings is 1. The molecule has 158 valence electrons. The van der Waals surface area contributed by atoms with Crippen molar-refractivity contribution < 1.29 is 9.53 Å². The second kappa shape index (κ2) is 11.4. The zero-order chi connectivity index (χ0) is 19.6. The van der Waals surface area contributed by atoms with E-state index in [4.69, 9.17) is 4.74 Å². The SMILES string of the molecule is COCCN1CCCC(CNC(=O)Cn2nnnc2CN2CCCCCC2)C1. The van der Waals surface area contributed by atoms with E-state index in [-0.39, 0.29) is 12.5 Å². The molecule has 2 aliphatic heterocycles. The van der Waals surface area contributed by atoms with Crippen LogP contribution >= 0.6 is 0 Å². The topological polar surface area (TPSA) is 88.4 Å². The van der Waals surface area contributed by atoms with Crippen LogP contribution in [0, 0.1) is 5.92 Å². The van der Waals surface area contributed by atoms with E-state index in [1.165, 1.54) is 32.1 Å². The van der Waals surface area contributed by atoms with Gasteiger partial charge in [-0.15, -0.1) is 5.10 Å². The highest BCUT2D eigenvalue weighted by atomic mass is 16.5. The Hall–Kier alpha value is -1.58. The molecule has 1 amide bonds. The normalized spacial score (nSPS) is 22.1. The fourth-order valence-corrected chi connectivity index (χ4v) is 4.15. The Kier molecular flexibility index (Phi) is 8.63. The molecule has 1 aromatic heterocycles. The van der Waals surface area contributed by atoms with Crippen LogP contribution in [0.2, 0.25) is 0 Å². The smallest absolute Gasteiger partial charge is 0.241 e. The summed E-state index contributed by atoms with van der Waals surface area (Å²) in [5.74, 6) is 1.26. The van der Waals surface area contributed by atoms with E-state index < -0.39 is 0 Å². The first-order valence-electron chi connectivity index (χ1n) is 10.7. The third-order valence-electron chi connectivity index (χ3n) is 5.77. The van der Waals surface area contributed by atoms with Gasteiger partial charge in [-0.05, 0) is 61.7 Å². The van der Waals surface area contributed by atoms with Gasteiger partial charge >= 0.3 is 0 Å². The molecular weight excluding hydrogens is 358 g/mol. The van der Waals surface area contributed by atoms with Gasteiger partial charge in [0.25, 0.3) is 0 Å². The van der Waals surface area contributed by atoms with Gasteiger partial charge in [0.15, 0.2) is 5.82 Å². The van der Waals surface area contributed by atoms with Gasteiger partial charge in [0, 0.05) is 26.7 Å². The summed E-state index contributed by atoms with van der Waals surface area (Å²) >= 11 is 0. The number of ether oxygens (including phenoxy) is 1. The molecule has 0 aliphatic carbocycles. The van der Waals surface area contributed by atoms with Gasteiger partial charge in [0.1, 0.15) is 6.54 Å². The Morgan fingerprint density at radius 1 is 1.14 bits per heavy atom. The maximum atomic E-state index is 12.4. The summed E-state index contributed by atoms with van der Waals surface area (Å²) in [6.45, 7) is 7.66. The van der Waals surface area contributed by atoms with Crippen molar-refractivity contribution in [1.29, 1.82) is 0 Å². The van der Waals surface area contributed by atoms with Gasteiger partial charge in [0.2, 0.25) is 5.91 Å². The van der Waals surface area contributed by atoms with Crippen LogP contribution in [-0.2, 0) is 22.6 Å². The lowest BCUT2D eigenvalue weighted by molar-refractivity contribution is -0.122. The van der Waals surface area contributed by atoms with Crippen LogP contribution in [0.15, 0.2) is 0 Å². The van der Waals surface area contributed by atoms with Gasteiger partial charge in [-0.3, -0.25) is 9.69 Å². The molecule has 0 radical (unpaired) electrons. The fourth-order valence-electron chi connectivity index (χ4n) is 4.15. The number of aromatic nitrogens is 4. The number of amides is 1. The quantitative estimate of drug-likeness (QED) is 0.654. The number of piperidine rings is 1. The Balaban J connectivity index is 1.42. The molecule has 2 aliphatic rings. The minimum Gasteiger partial charge on any atom is -0.383 e. The van der Waals surface area contributed by atoms with Crippen LogP contribution < -0.4 is 5.32 Å². The lowest BCUT2D eigenvalue weighted by Crippen LogP contribution is -2.42. The highest BCUT2D eigenvalue weighted by Gasteiger charge is 2.21. The van der Waals surface area contributed by atoms with E-state index in [1.54, 1.807) is 11.8 Å². The number of carbonyl (C=O) groups is 1. The van der Waals surface area contributed by atoms with Crippen LogP contribution in [0.1, 0.15) is 44.3 Å². The third-order valence-corrected chi connectivity index (χ3v) is 5.77. The van der Waals surface area contributed by atoms with Gasteiger partial charge in [0.05, 0.1) is 13.2 Å². The Labute approximate surface area is 167 Å². The summed E-state index contributed by atoms with van der Waals surface area (Å²) < 4.78 is 6.82. The molecule has 0 spiro atoms. The molecular formula is C19H35N7O2. The lowest BCUT2D eigenvalue weighted by atomic mass is 9.98. The molecule has 0 aromatic carbocycles. The number of methoxy groups -OCH3 is 1. The first kappa shape index (κ1) is 21.1.